The number of fused-ring (bicyclic) bond motifs is 8. The van der Waals surface area contributed by atoms with E-state index in [0.717, 1.165) is 56.7 Å². The van der Waals surface area contributed by atoms with Crippen molar-refractivity contribution in [3.63, 3.8) is 0 Å². The van der Waals surface area contributed by atoms with Gasteiger partial charge < -0.3 is 8.83 Å². The van der Waals surface area contributed by atoms with Gasteiger partial charge in [0.15, 0.2) is 0 Å². The van der Waals surface area contributed by atoms with E-state index in [1.54, 1.807) is 0 Å². The Morgan fingerprint density at radius 2 is 0.750 bits per heavy atom. The van der Waals surface area contributed by atoms with Crippen LogP contribution in [0, 0.1) is 0 Å². The van der Waals surface area contributed by atoms with Crippen LogP contribution in [0.15, 0.2) is 81.6 Å². The Morgan fingerprint density at radius 1 is 0.364 bits per heavy atom. The molecule has 2 nitrogen and oxygen atoms in total. The number of hydrogen-bond acceptors (Lipinski definition) is 2. The lowest BCUT2D eigenvalue weighted by Gasteiger charge is -2.05. The normalized spacial score (nSPS) is 12.2. The summed E-state index contributed by atoms with van der Waals surface area (Å²) >= 11 is 0. The molecule has 0 amide bonds. The lowest BCUT2D eigenvalue weighted by atomic mass is 9.99. The summed E-state index contributed by atoms with van der Waals surface area (Å²) in [6, 6.07) is 27.3. The average molecular weight is 583 g/mol. The van der Waals surface area contributed by atoms with Crippen LogP contribution in [0.2, 0.25) is 0 Å². The summed E-state index contributed by atoms with van der Waals surface area (Å²) in [5.74, 6) is 0. The van der Waals surface area contributed by atoms with Crippen LogP contribution in [0.25, 0.3) is 65.4 Å². The zero-order valence-electron chi connectivity index (χ0n) is 26.6. The second-order valence-electron chi connectivity index (χ2n) is 13.1. The largest absolute Gasteiger partial charge is 0.456 e. The molecule has 226 valence electrons. The minimum Gasteiger partial charge on any atom is -0.456 e. The summed E-state index contributed by atoms with van der Waals surface area (Å²) in [6.45, 7) is 4.56. The highest BCUT2D eigenvalue weighted by atomic mass is 16.3. The first kappa shape index (κ1) is 29.0. The van der Waals surface area contributed by atoms with Crippen LogP contribution in [0.4, 0.5) is 0 Å². The lowest BCUT2D eigenvalue weighted by molar-refractivity contribution is 0.607. The lowest BCUT2D eigenvalue weighted by Crippen LogP contribution is -1.87. The molecule has 2 aromatic heterocycles. The Kier molecular flexibility index (Phi) is 8.60. The van der Waals surface area contributed by atoms with Crippen molar-refractivity contribution in [3.05, 3.63) is 83.9 Å². The van der Waals surface area contributed by atoms with Crippen molar-refractivity contribution < 1.29 is 8.83 Å². The summed E-state index contributed by atoms with van der Waals surface area (Å²) in [4.78, 5) is 0. The van der Waals surface area contributed by atoms with Gasteiger partial charge in [0.05, 0.1) is 0 Å². The first-order valence-corrected chi connectivity index (χ1v) is 17.4. The third kappa shape index (κ3) is 5.96. The fourth-order valence-electron chi connectivity index (χ4n) is 7.16. The van der Waals surface area contributed by atoms with Gasteiger partial charge in [-0.15, -0.1) is 0 Å². The third-order valence-electron chi connectivity index (χ3n) is 9.75. The molecule has 2 heterocycles. The predicted molar refractivity (Wildman–Crippen MR) is 190 cm³/mol. The molecule has 7 rings (SSSR count). The SMILES string of the molecule is CCCCCCCCc1ccc2cc3c(cc2c1)oc1cc2c(cc13)oc1cc3cc(CCCCCCCC)ccc3cc12. The molecule has 0 unspecified atom stereocenters. The maximum atomic E-state index is 6.49. The number of furan rings is 2. The van der Waals surface area contributed by atoms with E-state index < -0.39 is 0 Å². The van der Waals surface area contributed by atoms with Crippen LogP contribution in [-0.2, 0) is 12.8 Å². The maximum Gasteiger partial charge on any atom is 0.136 e. The van der Waals surface area contributed by atoms with Gasteiger partial charge in [-0.2, -0.15) is 0 Å². The molecule has 0 aliphatic rings. The first-order valence-electron chi connectivity index (χ1n) is 17.4. The van der Waals surface area contributed by atoms with Crippen molar-refractivity contribution in [1.82, 2.24) is 0 Å². The van der Waals surface area contributed by atoms with E-state index in [-0.39, 0.29) is 0 Å². The molecule has 0 radical (unpaired) electrons. The van der Waals surface area contributed by atoms with Crippen LogP contribution in [-0.4, -0.2) is 0 Å². The van der Waals surface area contributed by atoms with Gasteiger partial charge in [0.25, 0.3) is 0 Å². The average Bonchev–Trinajstić information content (AvgIpc) is 3.56. The summed E-state index contributed by atoms with van der Waals surface area (Å²) in [5.41, 5.74) is 6.59. The van der Waals surface area contributed by atoms with Gasteiger partial charge in [-0.1, -0.05) is 114 Å². The van der Waals surface area contributed by atoms with E-state index in [0.29, 0.717) is 0 Å². The van der Waals surface area contributed by atoms with Crippen LogP contribution in [0.5, 0.6) is 0 Å². The van der Waals surface area contributed by atoms with Gasteiger partial charge in [-0.25, -0.2) is 0 Å². The molecule has 2 heteroatoms. The summed E-state index contributed by atoms with van der Waals surface area (Å²) < 4.78 is 13.0. The van der Waals surface area contributed by atoms with Crippen LogP contribution < -0.4 is 0 Å². The Morgan fingerprint density at radius 3 is 1.20 bits per heavy atom. The van der Waals surface area contributed by atoms with Gasteiger partial charge >= 0.3 is 0 Å². The molecule has 0 N–H and O–H groups in total. The molecule has 0 fully saturated rings. The fraction of sp³-hybridized carbons (Fsp3) is 0.381. The van der Waals surface area contributed by atoms with Crippen molar-refractivity contribution in [2.24, 2.45) is 0 Å². The zero-order chi connectivity index (χ0) is 29.9. The monoisotopic (exact) mass is 582 g/mol. The van der Waals surface area contributed by atoms with Crippen LogP contribution in [0.1, 0.15) is 102 Å². The number of hydrogen-bond donors (Lipinski definition) is 0. The fourth-order valence-corrected chi connectivity index (χ4v) is 7.16. The molecule has 0 bridgehead atoms. The van der Waals surface area contributed by atoms with Crippen molar-refractivity contribution >= 4 is 65.4 Å². The molecule has 5 aromatic carbocycles. The van der Waals surface area contributed by atoms with Gasteiger partial charge in [-0.05, 0) is 94.8 Å². The van der Waals surface area contributed by atoms with Crippen molar-refractivity contribution in [2.45, 2.75) is 104 Å². The molecular weight excluding hydrogens is 536 g/mol. The number of rotatable bonds is 14. The van der Waals surface area contributed by atoms with Crippen molar-refractivity contribution in [3.8, 4) is 0 Å². The van der Waals surface area contributed by atoms with E-state index in [4.69, 9.17) is 8.83 Å². The van der Waals surface area contributed by atoms with Crippen molar-refractivity contribution in [1.29, 1.82) is 0 Å². The predicted octanol–water partition coefficient (Wildman–Crippen LogP) is 13.6. The van der Waals surface area contributed by atoms with E-state index >= 15 is 0 Å². The topological polar surface area (TPSA) is 26.3 Å². The molecule has 0 saturated carbocycles. The zero-order valence-corrected chi connectivity index (χ0v) is 26.6. The molecule has 7 aromatic rings. The Hall–Kier alpha value is -3.78. The summed E-state index contributed by atoms with van der Waals surface area (Å²) in [5, 5.41) is 9.60. The number of unbranched alkanes of at least 4 members (excludes halogenated alkanes) is 10. The Balaban J connectivity index is 1.15. The molecular formula is C42H46O2. The molecule has 0 aliphatic carbocycles. The molecule has 44 heavy (non-hydrogen) atoms. The molecule has 0 saturated heterocycles. The third-order valence-corrected chi connectivity index (χ3v) is 9.75. The smallest absolute Gasteiger partial charge is 0.136 e. The van der Waals surface area contributed by atoms with Gasteiger partial charge in [0.1, 0.15) is 22.3 Å². The maximum absolute atomic E-state index is 6.49. The molecule has 0 aliphatic heterocycles. The molecule has 0 atom stereocenters. The van der Waals surface area contributed by atoms with Gasteiger partial charge in [0, 0.05) is 21.5 Å². The number of benzene rings is 5. The Bertz CT molecular complexity index is 1900. The second kappa shape index (κ2) is 13.1. The van der Waals surface area contributed by atoms with Crippen LogP contribution >= 0.6 is 0 Å². The number of aryl methyl sites for hydroxylation is 2. The van der Waals surface area contributed by atoms with Crippen molar-refractivity contribution in [2.75, 3.05) is 0 Å². The van der Waals surface area contributed by atoms with E-state index in [1.165, 1.54) is 110 Å². The van der Waals surface area contributed by atoms with E-state index in [9.17, 15) is 0 Å². The highest BCUT2D eigenvalue weighted by molar-refractivity contribution is 6.18. The van der Waals surface area contributed by atoms with Crippen LogP contribution in [0.3, 0.4) is 0 Å². The summed E-state index contributed by atoms with van der Waals surface area (Å²) in [7, 11) is 0. The van der Waals surface area contributed by atoms with E-state index in [1.807, 2.05) is 0 Å². The van der Waals surface area contributed by atoms with Gasteiger partial charge in [-0.3, -0.25) is 0 Å². The minimum atomic E-state index is 0.923. The standard InChI is InChI=1S/C42H46O2/c1-3-5-7-9-11-13-15-29-17-19-31-23-35-37-27-42-38(28-41(37)43-39(35)25-33(31)21-29)36-24-32-20-18-30(16-14-12-10-8-6-4-2)22-34(32)26-40(36)44-42/h17-28H,3-16H2,1-2H3. The highest BCUT2D eigenvalue weighted by Crippen LogP contribution is 2.39. The first-order chi connectivity index (χ1) is 21.7. The minimum absolute atomic E-state index is 0.923. The molecule has 0 spiro atoms. The Labute approximate surface area is 261 Å². The summed E-state index contributed by atoms with van der Waals surface area (Å²) in [6.07, 6.45) is 18.3. The van der Waals surface area contributed by atoms with E-state index in [2.05, 4.69) is 86.6 Å². The quantitative estimate of drug-likeness (QED) is 0.119. The second-order valence-corrected chi connectivity index (χ2v) is 13.1. The highest BCUT2D eigenvalue weighted by Gasteiger charge is 2.15. The van der Waals surface area contributed by atoms with Gasteiger partial charge in [0.2, 0.25) is 0 Å².